The summed E-state index contributed by atoms with van der Waals surface area (Å²) in [7, 11) is 0. The van der Waals surface area contributed by atoms with E-state index in [1.54, 1.807) is 6.20 Å². The molecule has 0 spiro atoms. The van der Waals surface area contributed by atoms with E-state index in [4.69, 9.17) is 5.11 Å². The number of carbonyl (C=O) groups excluding carboxylic acids is 1. The normalized spacial score (nSPS) is 19.4. The van der Waals surface area contributed by atoms with Crippen molar-refractivity contribution in [3.63, 3.8) is 0 Å². The standard InChI is InChI=1S/C17H19N3O3/c1-3-15-14(19-16(21)12-8-13(12)17(22)23)9-18-20(15)11-6-4-5-10(2)7-11/h4-7,9,12-13H,3,8H2,1-2H3,(H,19,21)(H,22,23)/t12-,13-/m1/s1. The summed E-state index contributed by atoms with van der Waals surface area (Å²) in [6.07, 6.45) is 2.74. The van der Waals surface area contributed by atoms with Crippen molar-refractivity contribution < 1.29 is 14.7 Å². The summed E-state index contributed by atoms with van der Waals surface area (Å²) in [6, 6.07) is 7.97. The number of aromatic nitrogens is 2. The number of aliphatic carboxylic acids is 1. The summed E-state index contributed by atoms with van der Waals surface area (Å²) in [6.45, 7) is 4.01. The predicted molar refractivity (Wildman–Crippen MR) is 85.5 cm³/mol. The molecule has 0 unspecified atom stereocenters. The third-order valence-electron chi connectivity index (χ3n) is 4.15. The van der Waals surface area contributed by atoms with Crippen LogP contribution in [0.3, 0.4) is 0 Å². The Labute approximate surface area is 134 Å². The lowest BCUT2D eigenvalue weighted by molar-refractivity contribution is -0.139. The Morgan fingerprint density at radius 2 is 2.17 bits per heavy atom. The van der Waals surface area contributed by atoms with Gasteiger partial charge in [0.15, 0.2) is 0 Å². The van der Waals surface area contributed by atoms with Gasteiger partial charge in [0.05, 0.1) is 35.1 Å². The van der Waals surface area contributed by atoms with E-state index in [0.717, 1.165) is 16.9 Å². The van der Waals surface area contributed by atoms with Crippen LogP contribution in [0, 0.1) is 18.8 Å². The molecule has 0 saturated heterocycles. The van der Waals surface area contributed by atoms with Crippen LogP contribution in [0.15, 0.2) is 30.5 Å². The van der Waals surface area contributed by atoms with E-state index in [1.165, 1.54) is 0 Å². The molecule has 1 fully saturated rings. The van der Waals surface area contributed by atoms with E-state index in [2.05, 4.69) is 10.4 Å². The topological polar surface area (TPSA) is 84.2 Å². The van der Waals surface area contributed by atoms with E-state index in [-0.39, 0.29) is 5.91 Å². The zero-order chi connectivity index (χ0) is 16.6. The molecule has 0 radical (unpaired) electrons. The average Bonchev–Trinajstić information content (AvgIpc) is 3.23. The highest BCUT2D eigenvalue weighted by Gasteiger charge is 2.48. The quantitative estimate of drug-likeness (QED) is 0.888. The summed E-state index contributed by atoms with van der Waals surface area (Å²) < 4.78 is 1.81. The highest BCUT2D eigenvalue weighted by Crippen LogP contribution is 2.39. The second-order valence-corrected chi connectivity index (χ2v) is 5.89. The third kappa shape index (κ3) is 2.97. The first-order valence-electron chi connectivity index (χ1n) is 7.69. The Bertz CT molecular complexity index is 766. The van der Waals surface area contributed by atoms with Crippen LogP contribution in [0.1, 0.15) is 24.6 Å². The Morgan fingerprint density at radius 1 is 1.39 bits per heavy atom. The number of benzene rings is 1. The molecule has 6 heteroatoms. The highest BCUT2D eigenvalue weighted by molar-refractivity contribution is 5.98. The third-order valence-corrected chi connectivity index (χ3v) is 4.15. The highest BCUT2D eigenvalue weighted by atomic mass is 16.4. The predicted octanol–water partition coefficient (Wildman–Crippen LogP) is 2.40. The molecule has 0 bridgehead atoms. The van der Waals surface area contributed by atoms with Gasteiger partial charge < -0.3 is 10.4 Å². The SMILES string of the molecule is CCc1c(NC(=O)[C@@H]2C[C@H]2C(=O)O)cnn1-c1cccc(C)c1. The van der Waals surface area contributed by atoms with E-state index >= 15 is 0 Å². The Morgan fingerprint density at radius 3 is 2.78 bits per heavy atom. The molecule has 2 N–H and O–H groups in total. The lowest BCUT2D eigenvalue weighted by Gasteiger charge is -2.09. The van der Waals surface area contributed by atoms with Gasteiger partial charge in [-0.25, -0.2) is 4.68 Å². The smallest absolute Gasteiger partial charge is 0.307 e. The van der Waals surface area contributed by atoms with Gasteiger partial charge in [-0.2, -0.15) is 5.10 Å². The van der Waals surface area contributed by atoms with Crippen LogP contribution in [0.25, 0.3) is 5.69 Å². The summed E-state index contributed by atoms with van der Waals surface area (Å²) in [5, 5.41) is 16.1. The fraction of sp³-hybridized carbons (Fsp3) is 0.353. The number of aryl methyl sites for hydroxylation is 1. The Hall–Kier alpha value is -2.63. The molecule has 1 aliphatic rings. The number of hydrogen-bond donors (Lipinski definition) is 2. The van der Waals surface area contributed by atoms with Crippen molar-refractivity contribution in [2.24, 2.45) is 11.8 Å². The number of carbonyl (C=O) groups is 2. The summed E-state index contributed by atoms with van der Waals surface area (Å²) >= 11 is 0. The molecule has 0 aliphatic heterocycles. The largest absolute Gasteiger partial charge is 0.481 e. The molecule has 1 amide bonds. The van der Waals surface area contributed by atoms with Gasteiger partial charge in [0.25, 0.3) is 0 Å². The maximum Gasteiger partial charge on any atom is 0.307 e. The second kappa shape index (κ2) is 5.87. The lowest BCUT2D eigenvalue weighted by atomic mass is 10.2. The maximum atomic E-state index is 12.1. The molecular formula is C17H19N3O3. The van der Waals surface area contributed by atoms with E-state index in [9.17, 15) is 9.59 Å². The Kier molecular flexibility index (Phi) is 3.90. The Balaban J connectivity index is 1.82. The molecule has 2 aromatic rings. The van der Waals surface area contributed by atoms with Gasteiger partial charge in [0.1, 0.15) is 0 Å². The molecule has 1 saturated carbocycles. The zero-order valence-corrected chi connectivity index (χ0v) is 13.1. The number of hydrogen-bond acceptors (Lipinski definition) is 3. The molecule has 2 atom stereocenters. The van der Waals surface area contributed by atoms with Crippen LogP contribution in [0.2, 0.25) is 0 Å². The fourth-order valence-corrected chi connectivity index (χ4v) is 2.78. The number of nitrogens with one attached hydrogen (secondary N) is 1. The fourth-order valence-electron chi connectivity index (χ4n) is 2.78. The van der Waals surface area contributed by atoms with E-state index in [0.29, 0.717) is 18.5 Å². The van der Waals surface area contributed by atoms with Crippen LogP contribution >= 0.6 is 0 Å². The van der Waals surface area contributed by atoms with Crippen molar-refractivity contribution in [3.8, 4) is 5.69 Å². The summed E-state index contributed by atoms with van der Waals surface area (Å²) in [5.41, 5.74) is 3.62. The summed E-state index contributed by atoms with van der Waals surface area (Å²) in [4.78, 5) is 23.0. The van der Waals surface area contributed by atoms with Crippen LogP contribution < -0.4 is 5.32 Å². The molecule has 1 aromatic heterocycles. The van der Waals surface area contributed by atoms with Crippen LogP contribution in [-0.2, 0) is 16.0 Å². The van der Waals surface area contributed by atoms with Crippen LogP contribution in [-0.4, -0.2) is 26.8 Å². The van der Waals surface area contributed by atoms with Crippen molar-refractivity contribution in [3.05, 3.63) is 41.7 Å². The minimum absolute atomic E-state index is 0.240. The molecule has 23 heavy (non-hydrogen) atoms. The second-order valence-electron chi connectivity index (χ2n) is 5.89. The van der Waals surface area contributed by atoms with Gasteiger partial charge in [-0.15, -0.1) is 0 Å². The van der Waals surface area contributed by atoms with Gasteiger partial charge in [0.2, 0.25) is 5.91 Å². The van der Waals surface area contributed by atoms with Crippen molar-refractivity contribution in [2.45, 2.75) is 26.7 Å². The van der Waals surface area contributed by atoms with Gasteiger partial charge in [0, 0.05) is 0 Å². The lowest BCUT2D eigenvalue weighted by Crippen LogP contribution is -2.17. The summed E-state index contributed by atoms with van der Waals surface area (Å²) in [5.74, 6) is -2.13. The maximum absolute atomic E-state index is 12.1. The van der Waals surface area contributed by atoms with Crippen molar-refractivity contribution >= 4 is 17.6 Å². The monoisotopic (exact) mass is 313 g/mol. The number of amides is 1. The number of carboxylic acid groups (broad SMARTS) is 1. The number of rotatable bonds is 5. The van der Waals surface area contributed by atoms with Gasteiger partial charge in [-0.3, -0.25) is 9.59 Å². The average molecular weight is 313 g/mol. The molecule has 3 rings (SSSR count). The van der Waals surface area contributed by atoms with E-state index in [1.807, 2.05) is 42.8 Å². The minimum atomic E-state index is -0.906. The number of carboxylic acids is 1. The zero-order valence-electron chi connectivity index (χ0n) is 13.1. The van der Waals surface area contributed by atoms with Gasteiger partial charge >= 0.3 is 5.97 Å². The molecule has 120 valence electrons. The number of anilines is 1. The van der Waals surface area contributed by atoms with Gasteiger partial charge in [-0.1, -0.05) is 19.1 Å². The number of nitrogens with zero attached hydrogens (tertiary/aromatic N) is 2. The first kappa shape index (κ1) is 15.3. The van der Waals surface area contributed by atoms with Crippen LogP contribution in [0.5, 0.6) is 0 Å². The molecule has 1 aliphatic carbocycles. The molecule has 1 heterocycles. The molecule has 1 aromatic carbocycles. The van der Waals surface area contributed by atoms with Gasteiger partial charge in [-0.05, 0) is 37.5 Å². The molecule has 6 nitrogen and oxygen atoms in total. The van der Waals surface area contributed by atoms with Crippen LogP contribution in [0.4, 0.5) is 5.69 Å². The first-order valence-corrected chi connectivity index (χ1v) is 7.69. The first-order chi connectivity index (χ1) is 11.0. The van der Waals surface area contributed by atoms with Crippen molar-refractivity contribution in [1.82, 2.24) is 9.78 Å². The van der Waals surface area contributed by atoms with Crippen molar-refractivity contribution in [1.29, 1.82) is 0 Å². The van der Waals surface area contributed by atoms with Crippen molar-refractivity contribution in [2.75, 3.05) is 5.32 Å². The molecular weight excluding hydrogens is 294 g/mol. The minimum Gasteiger partial charge on any atom is -0.481 e. The van der Waals surface area contributed by atoms with E-state index < -0.39 is 17.8 Å².